The molecule has 0 spiro atoms. The zero-order chi connectivity index (χ0) is 14.8. The predicted octanol–water partition coefficient (Wildman–Crippen LogP) is 3.67. The molecule has 1 aliphatic heterocycles. The van der Waals surface area contributed by atoms with Crippen LogP contribution in [0.25, 0.3) is 0 Å². The Morgan fingerprint density at radius 2 is 1.90 bits per heavy atom. The quantitative estimate of drug-likeness (QED) is 0.861. The summed E-state index contributed by atoms with van der Waals surface area (Å²) in [5.74, 6) is 0.219. The lowest BCUT2D eigenvalue weighted by molar-refractivity contribution is -0.129. The van der Waals surface area contributed by atoms with Crippen LogP contribution in [-0.2, 0) is 17.8 Å². The van der Waals surface area contributed by atoms with E-state index in [0.29, 0.717) is 6.54 Å². The highest BCUT2D eigenvalue weighted by Gasteiger charge is 2.29. The van der Waals surface area contributed by atoms with Crippen LogP contribution in [-0.4, -0.2) is 23.1 Å². The summed E-state index contributed by atoms with van der Waals surface area (Å²) >= 11 is 1.69. The van der Waals surface area contributed by atoms with E-state index < -0.39 is 0 Å². The van der Waals surface area contributed by atoms with Gasteiger partial charge in [0.05, 0.1) is 5.25 Å². The van der Waals surface area contributed by atoms with Gasteiger partial charge in [0.15, 0.2) is 0 Å². The van der Waals surface area contributed by atoms with Crippen molar-refractivity contribution in [1.82, 2.24) is 4.90 Å². The molecule has 21 heavy (non-hydrogen) atoms. The molecule has 0 unspecified atom stereocenters. The van der Waals surface area contributed by atoms with E-state index in [1.165, 1.54) is 21.6 Å². The van der Waals surface area contributed by atoms with Crippen LogP contribution >= 0.6 is 11.8 Å². The number of fused-ring (bicyclic) bond motifs is 1. The number of aryl methyl sites for hydroxylation is 1. The van der Waals surface area contributed by atoms with E-state index in [1.54, 1.807) is 11.8 Å². The molecule has 0 bridgehead atoms. The molecule has 2 nitrogen and oxygen atoms in total. The van der Waals surface area contributed by atoms with E-state index in [-0.39, 0.29) is 11.2 Å². The van der Waals surface area contributed by atoms with Gasteiger partial charge in [0.25, 0.3) is 0 Å². The van der Waals surface area contributed by atoms with Crippen molar-refractivity contribution in [1.29, 1.82) is 0 Å². The molecule has 1 atom stereocenters. The Morgan fingerprint density at radius 1 is 1.19 bits per heavy atom. The molecule has 0 fully saturated rings. The molecule has 2 aromatic carbocycles. The summed E-state index contributed by atoms with van der Waals surface area (Å²) in [4.78, 5) is 15.7. The smallest absolute Gasteiger partial charge is 0.236 e. The molecular formula is C18H19NOS. The number of benzene rings is 2. The summed E-state index contributed by atoms with van der Waals surface area (Å²) in [6.07, 6.45) is 0.845. The molecule has 0 N–H and O–H groups in total. The predicted molar refractivity (Wildman–Crippen MR) is 87.4 cm³/mol. The zero-order valence-electron chi connectivity index (χ0n) is 12.4. The van der Waals surface area contributed by atoms with Gasteiger partial charge in [-0.1, -0.05) is 48.0 Å². The molecule has 1 amide bonds. The topological polar surface area (TPSA) is 20.3 Å². The first-order valence-electron chi connectivity index (χ1n) is 7.18. The van der Waals surface area contributed by atoms with Crippen molar-refractivity contribution < 1.29 is 4.79 Å². The average molecular weight is 297 g/mol. The fourth-order valence-electron chi connectivity index (χ4n) is 2.61. The Labute approximate surface area is 130 Å². The van der Waals surface area contributed by atoms with Crippen molar-refractivity contribution >= 4 is 17.7 Å². The van der Waals surface area contributed by atoms with Gasteiger partial charge in [-0.25, -0.2) is 0 Å². The van der Waals surface area contributed by atoms with Crippen LogP contribution in [0.5, 0.6) is 0 Å². The molecule has 1 aliphatic rings. The highest BCUT2D eigenvalue weighted by Crippen LogP contribution is 2.37. The highest BCUT2D eigenvalue weighted by molar-refractivity contribution is 8.01. The van der Waals surface area contributed by atoms with Crippen molar-refractivity contribution in [3.8, 4) is 0 Å². The number of hydrogen-bond acceptors (Lipinski definition) is 2. The molecule has 3 heteroatoms. The first-order valence-corrected chi connectivity index (χ1v) is 8.06. The number of hydrogen-bond donors (Lipinski definition) is 0. The van der Waals surface area contributed by atoms with E-state index in [1.807, 2.05) is 24.1 Å². The van der Waals surface area contributed by atoms with Gasteiger partial charge in [0.1, 0.15) is 0 Å². The number of amides is 1. The summed E-state index contributed by atoms with van der Waals surface area (Å²) in [6.45, 7) is 2.75. The van der Waals surface area contributed by atoms with E-state index in [4.69, 9.17) is 0 Å². The molecule has 0 radical (unpaired) electrons. The van der Waals surface area contributed by atoms with Gasteiger partial charge in [0.2, 0.25) is 5.91 Å². The molecule has 0 aromatic heterocycles. The number of thioether (sulfide) groups is 1. The molecule has 1 heterocycles. The second-order valence-electron chi connectivity index (χ2n) is 5.60. The summed E-state index contributed by atoms with van der Waals surface area (Å²) < 4.78 is 0. The lowest BCUT2D eigenvalue weighted by Crippen LogP contribution is -2.34. The fraction of sp³-hybridized carbons (Fsp3) is 0.278. The van der Waals surface area contributed by atoms with Gasteiger partial charge in [-0.3, -0.25) is 4.79 Å². The molecule has 2 aromatic rings. The second kappa shape index (κ2) is 5.94. The Morgan fingerprint density at radius 3 is 2.62 bits per heavy atom. The van der Waals surface area contributed by atoms with E-state index in [2.05, 4.69) is 43.3 Å². The fourth-order valence-corrected chi connectivity index (χ4v) is 3.92. The van der Waals surface area contributed by atoms with Gasteiger partial charge in [-0.2, -0.15) is 0 Å². The third-order valence-electron chi connectivity index (χ3n) is 3.84. The molecule has 3 rings (SSSR count). The maximum absolute atomic E-state index is 12.6. The van der Waals surface area contributed by atoms with Crippen LogP contribution in [0.1, 0.15) is 16.7 Å². The Bertz CT molecular complexity index is 626. The molecule has 0 saturated carbocycles. The summed E-state index contributed by atoms with van der Waals surface area (Å²) in [5, 5.41) is 0.0258. The van der Waals surface area contributed by atoms with Crippen LogP contribution in [0.2, 0.25) is 0 Å². The average Bonchev–Trinajstić information content (AvgIpc) is 2.92. The molecule has 0 saturated heterocycles. The lowest BCUT2D eigenvalue weighted by Gasteiger charge is -2.20. The normalized spacial score (nSPS) is 16.6. The minimum atomic E-state index is 0.0258. The molecule has 108 valence electrons. The van der Waals surface area contributed by atoms with Gasteiger partial charge < -0.3 is 4.90 Å². The number of nitrogens with zero attached hydrogens (tertiary/aromatic N) is 1. The van der Waals surface area contributed by atoms with Crippen molar-refractivity contribution in [2.24, 2.45) is 0 Å². The van der Waals surface area contributed by atoms with Gasteiger partial charge in [-0.15, -0.1) is 11.8 Å². The number of carbonyl (C=O) groups excluding carboxylic acids is 1. The molecule has 0 aliphatic carbocycles. The number of rotatable bonds is 3. The van der Waals surface area contributed by atoms with Crippen molar-refractivity contribution in [2.45, 2.75) is 30.0 Å². The highest BCUT2D eigenvalue weighted by atomic mass is 32.2. The monoisotopic (exact) mass is 297 g/mol. The van der Waals surface area contributed by atoms with Crippen molar-refractivity contribution in [2.75, 3.05) is 7.05 Å². The second-order valence-corrected chi connectivity index (χ2v) is 6.84. The summed E-state index contributed by atoms with van der Waals surface area (Å²) in [7, 11) is 1.89. The largest absolute Gasteiger partial charge is 0.340 e. The minimum Gasteiger partial charge on any atom is -0.340 e. The first-order chi connectivity index (χ1) is 10.1. The first kappa shape index (κ1) is 14.2. The Balaban J connectivity index is 1.65. The third kappa shape index (κ3) is 3.13. The van der Waals surface area contributed by atoms with Crippen molar-refractivity contribution in [3.63, 3.8) is 0 Å². The summed E-state index contributed by atoms with van der Waals surface area (Å²) in [5.41, 5.74) is 3.72. The van der Waals surface area contributed by atoms with Gasteiger partial charge in [0, 0.05) is 18.5 Å². The molecular weight excluding hydrogens is 278 g/mol. The number of carbonyl (C=O) groups is 1. The van der Waals surface area contributed by atoms with Crippen LogP contribution < -0.4 is 0 Å². The lowest BCUT2D eigenvalue weighted by atomic mass is 10.1. The SMILES string of the molecule is Cc1ccc(CN(C)C(=O)[C@@H]2Cc3ccccc3S2)cc1. The third-order valence-corrected chi connectivity index (χ3v) is 5.14. The standard InChI is InChI=1S/C18H19NOS/c1-13-7-9-14(10-8-13)12-19(2)18(20)17-11-15-5-3-4-6-16(15)21-17/h3-10,17H,11-12H2,1-2H3/t17-/m0/s1. The Hall–Kier alpha value is -1.74. The van der Waals surface area contributed by atoms with E-state index >= 15 is 0 Å². The van der Waals surface area contributed by atoms with Crippen molar-refractivity contribution in [3.05, 3.63) is 65.2 Å². The van der Waals surface area contributed by atoms with E-state index in [0.717, 1.165) is 6.42 Å². The van der Waals surface area contributed by atoms with Gasteiger partial charge >= 0.3 is 0 Å². The maximum Gasteiger partial charge on any atom is 0.236 e. The van der Waals surface area contributed by atoms with Crippen LogP contribution in [0.3, 0.4) is 0 Å². The Kier molecular flexibility index (Phi) is 4.02. The van der Waals surface area contributed by atoms with E-state index in [9.17, 15) is 4.79 Å². The summed E-state index contributed by atoms with van der Waals surface area (Å²) in [6, 6.07) is 16.7. The van der Waals surface area contributed by atoms with Crippen LogP contribution in [0, 0.1) is 6.92 Å². The minimum absolute atomic E-state index is 0.0258. The van der Waals surface area contributed by atoms with Crippen LogP contribution in [0.15, 0.2) is 53.4 Å². The van der Waals surface area contributed by atoms with Crippen LogP contribution in [0.4, 0.5) is 0 Å². The maximum atomic E-state index is 12.6. The zero-order valence-corrected chi connectivity index (χ0v) is 13.2. The van der Waals surface area contributed by atoms with Gasteiger partial charge in [-0.05, 0) is 30.5 Å².